The summed E-state index contributed by atoms with van der Waals surface area (Å²) >= 11 is 0. The molecule has 0 atom stereocenters. The van der Waals surface area contributed by atoms with Crippen LogP contribution in [0.1, 0.15) is 19.4 Å². The van der Waals surface area contributed by atoms with E-state index in [1.165, 1.54) is 4.57 Å². The zero-order valence-corrected chi connectivity index (χ0v) is 13.7. The molecule has 0 bridgehead atoms. The quantitative estimate of drug-likeness (QED) is 0.922. The lowest BCUT2D eigenvalue weighted by Gasteiger charge is -2.08. The van der Waals surface area contributed by atoms with Crippen LogP contribution in [-0.2, 0) is 11.2 Å². The number of hydrogen-bond donors (Lipinski definition) is 1. The number of likely N-dealkylation sites (N-methyl/N-ethyl adjacent to an activating group) is 1. The van der Waals surface area contributed by atoms with Gasteiger partial charge in [-0.2, -0.15) is 0 Å². The van der Waals surface area contributed by atoms with Crippen LogP contribution in [0.2, 0.25) is 0 Å². The molecule has 2 aromatic rings. The third-order valence-corrected chi connectivity index (χ3v) is 3.45. The maximum absolute atomic E-state index is 12.3. The lowest BCUT2D eigenvalue weighted by atomic mass is 10.1. The summed E-state index contributed by atoms with van der Waals surface area (Å²) in [5.74, 6) is 0.481. The topological polar surface area (TPSA) is 54.7 Å². The predicted molar refractivity (Wildman–Crippen MR) is 87.4 cm³/mol. The van der Waals surface area contributed by atoms with E-state index in [1.54, 1.807) is 18.3 Å². The standard InChI is InChI=1S/C17H24N2O3/c1-12(2)11-22-17(21)19-10-13(8-9-18(3)4)16-14(19)6-5-7-15(16)20/h5-7,10,12,20H,8-9,11H2,1-4H3. The monoisotopic (exact) mass is 304 g/mol. The number of ether oxygens (including phenoxy) is 1. The van der Waals surface area contributed by atoms with Crippen molar-refractivity contribution in [2.75, 3.05) is 27.2 Å². The Morgan fingerprint density at radius 1 is 1.36 bits per heavy atom. The highest BCUT2D eigenvalue weighted by molar-refractivity contribution is 5.95. The summed E-state index contributed by atoms with van der Waals surface area (Å²) in [6, 6.07) is 5.20. The minimum atomic E-state index is -0.402. The minimum Gasteiger partial charge on any atom is -0.507 e. The molecule has 0 radical (unpaired) electrons. The Labute approximate surface area is 131 Å². The van der Waals surface area contributed by atoms with Crippen molar-refractivity contribution in [2.24, 2.45) is 5.92 Å². The molecule has 0 spiro atoms. The highest BCUT2D eigenvalue weighted by atomic mass is 16.5. The first-order valence-electron chi connectivity index (χ1n) is 7.54. The molecule has 5 nitrogen and oxygen atoms in total. The van der Waals surface area contributed by atoms with Crippen molar-refractivity contribution < 1.29 is 14.6 Å². The molecule has 1 N–H and O–H groups in total. The molecule has 0 aliphatic rings. The van der Waals surface area contributed by atoms with Crippen molar-refractivity contribution in [3.05, 3.63) is 30.0 Å². The third kappa shape index (κ3) is 3.60. The molecule has 0 amide bonds. The van der Waals surface area contributed by atoms with E-state index in [-0.39, 0.29) is 11.7 Å². The lowest BCUT2D eigenvalue weighted by Crippen LogP contribution is -2.16. The van der Waals surface area contributed by atoms with Crippen LogP contribution in [0.15, 0.2) is 24.4 Å². The van der Waals surface area contributed by atoms with Crippen LogP contribution in [0.5, 0.6) is 5.75 Å². The fraction of sp³-hybridized carbons (Fsp3) is 0.471. The molecule has 0 fully saturated rings. The SMILES string of the molecule is CC(C)COC(=O)n1cc(CCN(C)C)c2c(O)cccc21. The summed E-state index contributed by atoms with van der Waals surface area (Å²) in [7, 11) is 3.99. The Hall–Kier alpha value is -2.01. The zero-order valence-electron chi connectivity index (χ0n) is 13.7. The number of aromatic hydroxyl groups is 1. The molecule has 0 saturated carbocycles. The lowest BCUT2D eigenvalue weighted by molar-refractivity contribution is 0.135. The van der Waals surface area contributed by atoms with Gasteiger partial charge in [-0.3, -0.25) is 4.57 Å². The molecular weight excluding hydrogens is 280 g/mol. The number of benzene rings is 1. The first-order chi connectivity index (χ1) is 10.4. The van der Waals surface area contributed by atoms with Crippen molar-refractivity contribution in [3.63, 3.8) is 0 Å². The molecule has 0 aliphatic carbocycles. The van der Waals surface area contributed by atoms with Gasteiger partial charge < -0.3 is 14.7 Å². The van der Waals surface area contributed by atoms with Gasteiger partial charge in [0.1, 0.15) is 5.75 Å². The molecule has 0 unspecified atom stereocenters. The van der Waals surface area contributed by atoms with Crippen molar-refractivity contribution in [1.82, 2.24) is 9.47 Å². The highest BCUT2D eigenvalue weighted by Crippen LogP contribution is 2.30. The van der Waals surface area contributed by atoms with E-state index >= 15 is 0 Å². The summed E-state index contributed by atoms with van der Waals surface area (Å²) in [5.41, 5.74) is 1.63. The molecule has 0 aliphatic heterocycles. The number of fused-ring (bicyclic) bond motifs is 1. The molecule has 120 valence electrons. The fourth-order valence-corrected chi connectivity index (χ4v) is 2.34. The molecule has 2 rings (SSSR count). The van der Waals surface area contributed by atoms with Crippen LogP contribution in [0, 0.1) is 5.92 Å². The Balaban J connectivity index is 2.38. The average Bonchev–Trinajstić information content (AvgIpc) is 2.83. The van der Waals surface area contributed by atoms with Gasteiger partial charge in [-0.25, -0.2) is 4.79 Å². The normalized spacial score (nSPS) is 11.5. The number of rotatable bonds is 5. The molecule has 1 heterocycles. The van der Waals surface area contributed by atoms with Gasteiger partial charge in [0, 0.05) is 18.1 Å². The van der Waals surface area contributed by atoms with Crippen molar-refractivity contribution >= 4 is 17.0 Å². The summed E-state index contributed by atoms with van der Waals surface area (Å²) in [6.45, 7) is 5.21. The number of carbonyl (C=O) groups is 1. The van der Waals surface area contributed by atoms with Crippen LogP contribution < -0.4 is 0 Å². The molecule has 0 saturated heterocycles. The van der Waals surface area contributed by atoms with Crippen LogP contribution in [0.3, 0.4) is 0 Å². The summed E-state index contributed by atoms with van der Waals surface area (Å²) in [5, 5.41) is 10.9. The maximum atomic E-state index is 12.3. The molecule has 5 heteroatoms. The van der Waals surface area contributed by atoms with Gasteiger partial charge >= 0.3 is 6.09 Å². The second kappa shape index (κ2) is 6.83. The average molecular weight is 304 g/mol. The van der Waals surface area contributed by atoms with Gasteiger partial charge in [-0.15, -0.1) is 0 Å². The number of hydrogen-bond acceptors (Lipinski definition) is 4. The smallest absolute Gasteiger partial charge is 0.418 e. The summed E-state index contributed by atoms with van der Waals surface area (Å²) in [4.78, 5) is 14.3. The van der Waals surface area contributed by atoms with Gasteiger partial charge in [0.2, 0.25) is 0 Å². The molecular formula is C17H24N2O3. The number of nitrogens with zero attached hydrogens (tertiary/aromatic N) is 2. The number of aromatic nitrogens is 1. The predicted octanol–water partition coefficient (Wildman–Crippen LogP) is 3.09. The fourth-order valence-electron chi connectivity index (χ4n) is 2.34. The van der Waals surface area contributed by atoms with Crippen LogP contribution in [0.25, 0.3) is 10.9 Å². The maximum Gasteiger partial charge on any atom is 0.418 e. The Morgan fingerprint density at radius 3 is 2.73 bits per heavy atom. The van der Waals surface area contributed by atoms with Gasteiger partial charge in [-0.05, 0) is 44.1 Å². The van der Waals surface area contributed by atoms with E-state index in [2.05, 4.69) is 4.90 Å². The second-order valence-electron chi connectivity index (χ2n) is 6.22. The Kier molecular flexibility index (Phi) is 5.08. The Bertz CT molecular complexity index is 659. The van der Waals surface area contributed by atoms with E-state index in [1.807, 2.05) is 34.0 Å². The molecule has 22 heavy (non-hydrogen) atoms. The summed E-state index contributed by atoms with van der Waals surface area (Å²) < 4.78 is 6.80. The Morgan fingerprint density at radius 2 is 2.09 bits per heavy atom. The number of phenols is 1. The van der Waals surface area contributed by atoms with E-state index in [4.69, 9.17) is 4.74 Å². The largest absolute Gasteiger partial charge is 0.507 e. The number of carbonyl (C=O) groups excluding carboxylic acids is 1. The third-order valence-electron chi connectivity index (χ3n) is 3.45. The van der Waals surface area contributed by atoms with Gasteiger partial charge in [-0.1, -0.05) is 19.9 Å². The van der Waals surface area contributed by atoms with Crippen molar-refractivity contribution in [3.8, 4) is 5.75 Å². The summed E-state index contributed by atoms with van der Waals surface area (Å²) in [6.07, 6.45) is 2.13. The second-order valence-corrected chi connectivity index (χ2v) is 6.22. The van der Waals surface area contributed by atoms with Crippen LogP contribution in [-0.4, -0.2) is 47.9 Å². The van der Waals surface area contributed by atoms with Gasteiger partial charge in [0.05, 0.1) is 12.1 Å². The molecule has 1 aromatic heterocycles. The molecule has 1 aromatic carbocycles. The van der Waals surface area contributed by atoms with Crippen LogP contribution >= 0.6 is 0 Å². The highest BCUT2D eigenvalue weighted by Gasteiger charge is 2.17. The van der Waals surface area contributed by atoms with E-state index in [0.717, 1.165) is 23.9 Å². The van der Waals surface area contributed by atoms with E-state index in [0.29, 0.717) is 12.1 Å². The van der Waals surface area contributed by atoms with Crippen molar-refractivity contribution in [2.45, 2.75) is 20.3 Å². The van der Waals surface area contributed by atoms with Gasteiger partial charge in [0.15, 0.2) is 0 Å². The zero-order chi connectivity index (χ0) is 16.3. The van der Waals surface area contributed by atoms with Crippen LogP contribution in [0.4, 0.5) is 4.79 Å². The van der Waals surface area contributed by atoms with Crippen molar-refractivity contribution in [1.29, 1.82) is 0 Å². The van der Waals surface area contributed by atoms with E-state index < -0.39 is 6.09 Å². The first kappa shape index (κ1) is 16.4. The minimum absolute atomic E-state index is 0.196. The first-order valence-corrected chi connectivity index (χ1v) is 7.54. The van der Waals surface area contributed by atoms with E-state index in [9.17, 15) is 9.90 Å². The number of phenolic OH excluding ortho intramolecular Hbond substituents is 1. The van der Waals surface area contributed by atoms with Gasteiger partial charge in [0.25, 0.3) is 0 Å².